The Balaban J connectivity index is 2.63. The molecule has 1 aromatic carbocycles. The van der Waals surface area contributed by atoms with Crippen LogP contribution in [0.25, 0.3) is 0 Å². The molecular weight excluding hydrogens is 302 g/mol. The number of amides is 1. The van der Waals surface area contributed by atoms with Crippen molar-refractivity contribution in [1.82, 2.24) is 5.32 Å². The van der Waals surface area contributed by atoms with Gasteiger partial charge in [0.25, 0.3) is 5.91 Å². The third-order valence-electron chi connectivity index (χ3n) is 2.49. The van der Waals surface area contributed by atoms with E-state index in [1.165, 1.54) is 0 Å². The van der Waals surface area contributed by atoms with E-state index in [0.29, 0.717) is 10.6 Å². The molecule has 1 rings (SSSR count). The topological polar surface area (TPSA) is 29.1 Å². The van der Waals surface area contributed by atoms with E-state index in [9.17, 15) is 4.79 Å². The molecule has 1 N–H and O–H groups in total. The minimum absolute atomic E-state index is 0.0724. The SMILES string of the molecule is CCCCC(C)NC(=O)c1cc(Cl)cc(Br)c1. The van der Waals surface area contributed by atoms with Crippen LogP contribution < -0.4 is 5.32 Å². The predicted octanol–water partition coefficient (Wildman–Crippen LogP) is 4.41. The fourth-order valence-electron chi connectivity index (χ4n) is 1.57. The lowest BCUT2D eigenvalue weighted by Crippen LogP contribution is -2.32. The molecule has 0 radical (unpaired) electrons. The Morgan fingerprint density at radius 1 is 1.47 bits per heavy atom. The first kappa shape index (κ1) is 14.5. The molecule has 94 valence electrons. The maximum absolute atomic E-state index is 11.9. The molecule has 0 aliphatic carbocycles. The molecule has 2 nitrogen and oxygen atoms in total. The number of halogens is 2. The lowest BCUT2D eigenvalue weighted by atomic mass is 10.1. The second-order valence-corrected chi connectivity index (χ2v) is 5.53. The first-order chi connectivity index (χ1) is 8.02. The summed E-state index contributed by atoms with van der Waals surface area (Å²) >= 11 is 9.23. The maximum Gasteiger partial charge on any atom is 0.251 e. The average molecular weight is 319 g/mol. The standard InChI is InChI=1S/C13H17BrClNO/c1-3-4-5-9(2)16-13(17)10-6-11(14)8-12(15)7-10/h6-9H,3-5H2,1-2H3,(H,16,17). The third-order valence-corrected chi connectivity index (χ3v) is 3.17. The second-order valence-electron chi connectivity index (χ2n) is 4.17. The lowest BCUT2D eigenvalue weighted by molar-refractivity contribution is 0.0938. The molecule has 0 fully saturated rings. The van der Waals surface area contributed by atoms with Crippen molar-refractivity contribution < 1.29 is 4.79 Å². The van der Waals surface area contributed by atoms with Gasteiger partial charge >= 0.3 is 0 Å². The van der Waals surface area contributed by atoms with Gasteiger partial charge in [0.2, 0.25) is 0 Å². The Morgan fingerprint density at radius 3 is 2.76 bits per heavy atom. The van der Waals surface area contributed by atoms with E-state index in [-0.39, 0.29) is 11.9 Å². The van der Waals surface area contributed by atoms with Crippen LogP contribution in [0.1, 0.15) is 43.5 Å². The summed E-state index contributed by atoms with van der Waals surface area (Å²) in [5.41, 5.74) is 0.590. The molecule has 0 heterocycles. The summed E-state index contributed by atoms with van der Waals surface area (Å²) in [6, 6.07) is 5.40. The van der Waals surface area contributed by atoms with Crippen molar-refractivity contribution >= 4 is 33.4 Å². The molecule has 0 bridgehead atoms. The van der Waals surface area contributed by atoms with Crippen molar-refractivity contribution in [1.29, 1.82) is 0 Å². The number of nitrogens with one attached hydrogen (secondary N) is 1. The molecule has 0 saturated carbocycles. The Hall–Kier alpha value is -0.540. The van der Waals surface area contributed by atoms with E-state index in [2.05, 4.69) is 28.2 Å². The van der Waals surface area contributed by atoms with Gasteiger partial charge in [-0.2, -0.15) is 0 Å². The van der Waals surface area contributed by atoms with Crippen LogP contribution in [0.3, 0.4) is 0 Å². The van der Waals surface area contributed by atoms with E-state index in [1.807, 2.05) is 6.92 Å². The van der Waals surface area contributed by atoms with Crippen LogP contribution in [0, 0.1) is 0 Å². The highest BCUT2D eigenvalue weighted by Gasteiger charge is 2.10. The zero-order valence-electron chi connectivity index (χ0n) is 10.1. The van der Waals surface area contributed by atoms with Gasteiger partial charge in [-0.1, -0.05) is 47.3 Å². The number of hydrogen-bond donors (Lipinski definition) is 1. The summed E-state index contributed by atoms with van der Waals surface area (Å²) in [7, 11) is 0. The van der Waals surface area contributed by atoms with Gasteiger partial charge in [-0.3, -0.25) is 4.79 Å². The van der Waals surface area contributed by atoms with Gasteiger partial charge in [0.15, 0.2) is 0 Å². The van der Waals surface area contributed by atoms with Crippen LogP contribution in [0.15, 0.2) is 22.7 Å². The Bertz CT molecular complexity index is 375. The smallest absolute Gasteiger partial charge is 0.251 e. The van der Waals surface area contributed by atoms with Crippen molar-refractivity contribution in [2.45, 2.75) is 39.2 Å². The summed E-state index contributed by atoms with van der Waals surface area (Å²) in [5.74, 6) is -0.0724. The molecule has 0 aliphatic heterocycles. The van der Waals surface area contributed by atoms with Gasteiger partial charge < -0.3 is 5.32 Å². The number of hydrogen-bond acceptors (Lipinski definition) is 1. The molecule has 17 heavy (non-hydrogen) atoms. The number of unbranched alkanes of at least 4 members (excludes halogenated alkanes) is 1. The predicted molar refractivity (Wildman–Crippen MR) is 75.6 cm³/mol. The average Bonchev–Trinajstić information content (AvgIpc) is 2.25. The summed E-state index contributed by atoms with van der Waals surface area (Å²) in [5, 5.41) is 3.53. The molecule has 4 heteroatoms. The number of rotatable bonds is 5. The van der Waals surface area contributed by atoms with E-state index < -0.39 is 0 Å². The van der Waals surface area contributed by atoms with Crippen LogP contribution in [0.4, 0.5) is 0 Å². The zero-order valence-corrected chi connectivity index (χ0v) is 12.4. The van der Waals surface area contributed by atoms with Crippen molar-refractivity contribution in [3.63, 3.8) is 0 Å². The largest absolute Gasteiger partial charge is 0.350 e. The summed E-state index contributed by atoms with van der Waals surface area (Å²) in [4.78, 5) is 11.9. The van der Waals surface area contributed by atoms with Crippen molar-refractivity contribution in [2.75, 3.05) is 0 Å². The van der Waals surface area contributed by atoms with E-state index in [1.54, 1.807) is 18.2 Å². The fraction of sp³-hybridized carbons (Fsp3) is 0.462. The van der Waals surface area contributed by atoms with Crippen LogP contribution in [-0.4, -0.2) is 11.9 Å². The lowest BCUT2D eigenvalue weighted by Gasteiger charge is -2.13. The van der Waals surface area contributed by atoms with Crippen LogP contribution in [0.5, 0.6) is 0 Å². The van der Waals surface area contributed by atoms with Crippen LogP contribution in [-0.2, 0) is 0 Å². The highest BCUT2D eigenvalue weighted by atomic mass is 79.9. The molecule has 1 unspecified atom stereocenters. The van der Waals surface area contributed by atoms with Gasteiger partial charge in [-0.25, -0.2) is 0 Å². The summed E-state index contributed by atoms with van der Waals surface area (Å²) in [6.07, 6.45) is 3.27. The molecule has 0 aliphatic rings. The molecule has 0 spiro atoms. The van der Waals surface area contributed by atoms with E-state index in [0.717, 1.165) is 23.7 Å². The fourth-order valence-corrected chi connectivity index (χ4v) is 2.43. The van der Waals surface area contributed by atoms with Gasteiger partial charge in [-0.05, 0) is 31.5 Å². The highest BCUT2D eigenvalue weighted by Crippen LogP contribution is 2.19. The maximum atomic E-state index is 11.9. The molecule has 0 aromatic heterocycles. The Labute approximate surface area is 116 Å². The van der Waals surface area contributed by atoms with Gasteiger partial charge in [0.05, 0.1) is 0 Å². The van der Waals surface area contributed by atoms with Gasteiger partial charge in [0.1, 0.15) is 0 Å². The number of carbonyl (C=O) groups excluding carboxylic acids is 1. The Kier molecular flexibility index (Phi) is 6.00. The van der Waals surface area contributed by atoms with Gasteiger partial charge in [-0.15, -0.1) is 0 Å². The quantitative estimate of drug-likeness (QED) is 0.856. The second kappa shape index (κ2) is 7.02. The first-order valence-corrected chi connectivity index (χ1v) is 6.97. The molecule has 1 aromatic rings. The number of carbonyl (C=O) groups is 1. The Morgan fingerprint density at radius 2 is 2.18 bits per heavy atom. The van der Waals surface area contributed by atoms with Crippen molar-refractivity contribution in [3.05, 3.63) is 33.3 Å². The molecule has 1 atom stereocenters. The van der Waals surface area contributed by atoms with Gasteiger partial charge in [0, 0.05) is 21.1 Å². The first-order valence-electron chi connectivity index (χ1n) is 5.80. The van der Waals surface area contributed by atoms with Crippen LogP contribution >= 0.6 is 27.5 Å². The molecular formula is C13H17BrClNO. The summed E-state index contributed by atoms with van der Waals surface area (Å²) < 4.78 is 0.816. The van der Waals surface area contributed by atoms with Crippen molar-refractivity contribution in [3.8, 4) is 0 Å². The molecule has 1 amide bonds. The monoisotopic (exact) mass is 317 g/mol. The minimum Gasteiger partial charge on any atom is -0.350 e. The highest BCUT2D eigenvalue weighted by molar-refractivity contribution is 9.10. The third kappa shape index (κ3) is 5.09. The minimum atomic E-state index is -0.0724. The summed E-state index contributed by atoms with van der Waals surface area (Å²) in [6.45, 7) is 4.16. The zero-order chi connectivity index (χ0) is 12.8. The number of benzene rings is 1. The normalized spacial score (nSPS) is 12.2. The van der Waals surface area contributed by atoms with E-state index in [4.69, 9.17) is 11.6 Å². The van der Waals surface area contributed by atoms with Crippen molar-refractivity contribution in [2.24, 2.45) is 0 Å². The molecule has 0 saturated heterocycles. The van der Waals surface area contributed by atoms with Crippen LogP contribution in [0.2, 0.25) is 5.02 Å². The van der Waals surface area contributed by atoms with E-state index >= 15 is 0 Å².